The largest absolute Gasteiger partial charge is 0.311 e. The van der Waals surface area contributed by atoms with Crippen molar-refractivity contribution < 1.29 is 0 Å². The van der Waals surface area contributed by atoms with Crippen LogP contribution in [0.15, 0.2) is 24.4 Å². The fraction of sp³-hybridized carbons (Fsp3) is 0.333. The van der Waals surface area contributed by atoms with E-state index in [9.17, 15) is 0 Å². The summed E-state index contributed by atoms with van der Waals surface area (Å²) in [6.07, 6.45) is 2.83. The third-order valence-corrected chi connectivity index (χ3v) is 3.24. The van der Waals surface area contributed by atoms with Crippen LogP contribution in [0.1, 0.15) is 19.0 Å². The lowest BCUT2D eigenvalue weighted by molar-refractivity contribution is 0.641. The summed E-state index contributed by atoms with van der Waals surface area (Å²) in [7, 11) is 0. The lowest BCUT2D eigenvalue weighted by atomic mass is 10.3. The molecule has 1 aromatic carbocycles. The SMILES string of the molecule is CCCNCc1cnnn1-c1ccc(Cl)c(Cl)c1. The number of aromatic nitrogens is 3. The van der Waals surface area contributed by atoms with Crippen LogP contribution >= 0.6 is 23.2 Å². The lowest BCUT2D eigenvalue weighted by Gasteiger charge is -2.07. The van der Waals surface area contributed by atoms with Crippen molar-refractivity contribution in [3.8, 4) is 5.69 Å². The fourth-order valence-corrected chi connectivity index (χ4v) is 1.90. The predicted octanol–water partition coefficient (Wildman–Crippen LogP) is 3.07. The Labute approximate surface area is 116 Å². The third-order valence-electron chi connectivity index (χ3n) is 2.50. The van der Waals surface area contributed by atoms with Crippen LogP contribution in [0.4, 0.5) is 0 Å². The van der Waals surface area contributed by atoms with Gasteiger partial charge in [-0.3, -0.25) is 0 Å². The fourth-order valence-electron chi connectivity index (χ4n) is 1.60. The number of nitrogens with one attached hydrogen (secondary N) is 1. The average molecular weight is 285 g/mol. The zero-order valence-electron chi connectivity index (χ0n) is 10.0. The molecule has 0 bridgehead atoms. The Morgan fingerprint density at radius 2 is 2.11 bits per heavy atom. The summed E-state index contributed by atoms with van der Waals surface area (Å²) < 4.78 is 1.75. The molecule has 0 fully saturated rings. The van der Waals surface area contributed by atoms with Gasteiger partial charge in [0.05, 0.1) is 27.6 Å². The summed E-state index contributed by atoms with van der Waals surface area (Å²) in [5.41, 5.74) is 1.84. The van der Waals surface area contributed by atoms with E-state index in [1.165, 1.54) is 0 Å². The maximum Gasteiger partial charge on any atom is 0.0783 e. The second-order valence-corrected chi connectivity index (χ2v) is 4.73. The van der Waals surface area contributed by atoms with Crippen molar-refractivity contribution in [3.63, 3.8) is 0 Å². The molecule has 1 N–H and O–H groups in total. The number of hydrogen-bond donors (Lipinski definition) is 1. The highest BCUT2D eigenvalue weighted by Gasteiger charge is 2.07. The van der Waals surface area contributed by atoms with Gasteiger partial charge >= 0.3 is 0 Å². The summed E-state index contributed by atoms with van der Waals surface area (Å²) in [6, 6.07) is 5.40. The van der Waals surface area contributed by atoms with E-state index in [2.05, 4.69) is 22.6 Å². The van der Waals surface area contributed by atoms with Crippen LogP contribution in [-0.2, 0) is 6.54 Å². The van der Waals surface area contributed by atoms with E-state index in [4.69, 9.17) is 23.2 Å². The minimum atomic E-state index is 0.511. The highest BCUT2D eigenvalue weighted by atomic mass is 35.5. The molecule has 0 aliphatic carbocycles. The van der Waals surface area contributed by atoms with Gasteiger partial charge in [-0.05, 0) is 31.2 Å². The minimum absolute atomic E-state index is 0.511. The first-order valence-electron chi connectivity index (χ1n) is 5.78. The molecule has 0 amide bonds. The van der Waals surface area contributed by atoms with Crippen molar-refractivity contribution >= 4 is 23.2 Å². The molecule has 0 saturated heterocycles. The van der Waals surface area contributed by atoms with Gasteiger partial charge in [0.1, 0.15) is 0 Å². The summed E-state index contributed by atoms with van der Waals surface area (Å²) in [6.45, 7) is 3.81. The van der Waals surface area contributed by atoms with Crippen LogP contribution in [0, 0.1) is 0 Å². The second kappa shape index (κ2) is 6.18. The Kier molecular flexibility index (Phi) is 4.58. The molecular formula is C12H14Cl2N4. The average Bonchev–Trinajstić information content (AvgIpc) is 2.81. The van der Waals surface area contributed by atoms with Gasteiger partial charge in [0.15, 0.2) is 0 Å². The Morgan fingerprint density at radius 3 is 2.83 bits per heavy atom. The molecule has 2 aromatic rings. The van der Waals surface area contributed by atoms with Gasteiger partial charge < -0.3 is 5.32 Å². The standard InChI is InChI=1S/C12H14Cl2N4/c1-2-5-15-7-10-8-16-17-18(10)9-3-4-11(13)12(14)6-9/h3-4,6,8,15H,2,5,7H2,1H3. The molecule has 4 nitrogen and oxygen atoms in total. The molecule has 0 atom stereocenters. The van der Waals surface area contributed by atoms with Crippen molar-refractivity contribution in [1.29, 1.82) is 0 Å². The van der Waals surface area contributed by atoms with E-state index in [1.807, 2.05) is 6.07 Å². The monoisotopic (exact) mass is 284 g/mol. The Balaban J connectivity index is 2.22. The van der Waals surface area contributed by atoms with Crippen molar-refractivity contribution in [2.24, 2.45) is 0 Å². The van der Waals surface area contributed by atoms with Crippen LogP contribution < -0.4 is 5.32 Å². The van der Waals surface area contributed by atoms with Gasteiger partial charge in [-0.2, -0.15) is 0 Å². The summed E-state index contributed by atoms with van der Waals surface area (Å²) >= 11 is 11.9. The van der Waals surface area contributed by atoms with E-state index < -0.39 is 0 Å². The van der Waals surface area contributed by atoms with E-state index in [0.717, 1.165) is 30.9 Å². The Morgan fingerprint density at radius 1 is 1.28 bits per heavy atom. The highest BCUT2D eigenvalue weighted by molar-refractivity contribution is 6.42. The lowest BCUT2D eigenvalue weighted by Crippen LogP contribution is -2.16. The number of hydrogen-bond acceptors (Lipinski definition) is 3. The topological polar surface area (TPSA) is 42.7 Å². The van der Waals surface area contributed by atoms with Crippen molar-refractivity contribution in [2.45, 2.75) is 19.9 Å². The molecule has 18 heavy (non-hydrogen) atoms. The normalized spacial score (nSPS) is 10.8. The first kappa shape index (κ1) is 13.3. The number of halogens is 2. The van der Waals surface area contributed by atoms with Gasteiger partial charge in [0, 0.05) is 6.54 Å². The number of benzene rings is 1. The first-order chi connectivity index (χ1) is 8.72. The molecule has 0 saturated carbocycles. The van der Waals surface area contributed by atoms with Gasteiger partial charge in [-0.1, -0.05) is 35.3 Å². The Bertz CT molecular complexity index is 525. The van der Waals surface area contributed by atoms with E-state index in [-0.39, 0.29) is 0 Å². The number of nitrogens with zero attached hydrogens (tertiary/aromatic N) is 3. The molecule has 1 aromatic heterocycles. The first-order valence-corrected chi connectivity index (χ1v) is 6.53. The van der Waals surface area contributed by atoms with Gasteiger partial charge in [0.2, 0.25) is 0 Å². The molecule has 96 valence electrons. The summed E-state index contributed by atoms with van der Waals surface area (Å²) in [4.78, 5) is 0. The van der Waals surface area contributed by atoms with Gasteiger partial charge in [-0.15, -0.1) is 5.10 Å². The summed E-state index contributed by atoms with van der Waals surface area (Å²) in [5.74, 6) is 0. The van der Waals surface area contributed by atoms with Crippen LogP contribution in [0.2, 0.25) is 10.0 Å². The molecule has 2 rings (SSSR count). The molecule has 1 heterocycles. The van der Waals surface area contributed by atoms with Crippen molar-refractivity contribution in [3.05, 3.63) is 40.1 Å². The quantitative estimate of drug-likeness (QED) is 0.858. The van der Waals surface area contributed by atoms with E-state index in [0.29, 0.717) is 10.0 Å². The molecular weight excluding hydrogens is 271 g/mol. The predicted molar refractivity (Wildman–Crippen MR) is 73.4 cm³/mol. The Hall–Kier alpha value is -1.10. The van der Waals surface area contributed by atoms with Crippen LogP contribution in [-0.4, -0.2) is 21.5 Å². The molecule has 0 radical (unpaired) electrons. The molecule has 0 aliphatic rings. The molecule has 6 heteroatoms. The van der Waals surface area contributed by atoms with Crippen molar-refractivity contribution in [1.82, 2.24) is 20.3 Å². The molecule has 0 unspecified atom stereocenters. The maximum absolute atomic E-state index is 6.00. The minimum Gasteiger partial charge on any atom is -0.311 e. The van der Waals surface area contributed by atoms with Gasteiger partial charge in [0.25, 0.3) is 0 Å². The number of rotatable bonds is 5. The van der Waals surface area contributed by atoms with Crippen molar-refractivity contribution in [2.75, 3.05) is 6.54 Å². The summed E-state index contributed by atoms with van der Waals surface area (Å²) in [5, 5.41) is 12.3. The third kappa shape index (κ3) is 3.02. The van der Waals surface area contributed by atoms with E-state index >= 15 is 0 Å². The zero-order chi connectivity index (χ0) is 13.0. The van der Waals surface area contributed by atoms with E-state index in [1.54, 1.807) is 23.0 Å². The van der Waals surface area contributed by atoms with Crippen LogP contribution in [0.5, 0.6) is 0 Å². The van der Waals surface area contributed by atoms with Gasteiger partial charge in [-0.25, -0.2) is 4.68 Å². The zero-order valence-corrected chi connectivity index (χ0v) is 11.5. The van der Waals surface area contributed by atoms with Crippen LogP contribution in [0.25, 0.3) is 5.69 Å². The molecule has 0 aliphatic heterocycles. The maximum atomic E-state index is 6.00. The smallest absolute Gasteiger partial charge is 0.0783 e. The highest BCUT2D eigenvalue weighted by Crippen LogP contribution is 2.24. The molecule has 0 spiro atoms. The second-order valence-electron chi connectivity index (χ2n) is 3.91. The van der Waals surface area contributed by atoms with Crippen LogP contribution in [0.3, 0.4) is 0 Å².